The normalized spacial score (nSPS) is 11.0. The van der Waals surface area contributed by atoms with Crippen molar-refractivity contribution in [3.8, 4) is 16.9 Å². The molecule has 0 aliphatic carbocycles. The molecule has 4 aromatic rings. The van der Waals surface area contributed by atoms with E-state index >= 15 is 0 Å². The second-order valence-corrected chi connectivity index (χ2v) is 6.45. The minimum absolute atomic E-state index is 0.544. The first-order valence-corrected chi connectivity index (χ1v) is 8.96. The van der Waals surface area contributed by atoms with Gasteiger partial charge in [-0.05, 0) is 52.9 Å². The number of hydrogen-bond acceptors (Lipinski definition) is 4. The highest BCUT2D eigenvalue weighted by molar-refractivity contribution is 5.82. The minimum atomic E-state index is 0.544. The maximum Gasteiger partial charge on any atom is 0.166 e. The van der Waals surface area contributed by atoms with Crippen LogP contribution in [0.15, 0.2) is 77.4 Å². The molecule has 0 atom stereocenters. The zero-order valence-corrected chi connectivity index (χ0v) is 15.2. The second kappa shape index (κ2) is 8.06. The van der Waals surface area contributed by atoms with Crippen LogP contribution in [0.2, 0.25) is 0 Å². The molecule has 3 aromatic carbocycles. The molecule has 0 fully saturated rings. The third kappa shape index (κ3) is 4.18. The fourth-order valence-corrected chi connectivity index (χ4v) is 2.98. The van der Waals surface area contributed by atoms with E-state index in [1.807, 2.05) is 24.3 Å². The summed E-state index contributed by atoms with van der Waals surface area (Å²) in [5, 5.41) is 4.83. The molecule has 0 unspecified atom stereocenters. The molecule has 0 N–H and O–H groups in total. The monoisotopic (exact) mass is 359 g/mol. The van der Waals surface area contributed by atoms with Crippen molar-refractivity contribution in [3.05, 3.63) is 84.1 Å². The van der Waals surface area contributed by atoms with Crippen LogP contribution in [0.1, 0.15) is 11.1 Å². The quantitative estimate of drug-likeness (QED) is 0.451. The first kappa shape index (κ1) is 17.3. The summed E-state index contributed by atoms with van der Waals surface area (Å²) in [6.45, 7) is 1.28. The molecule has 27 heavy (non-hydrogen) atoms. The van der Waals surface area contributed by atoms with Crippen molar-refractivity contribution in [3.63, 3.8) is 0 Å². The molecule has 0 saturated heterocycles. The molecule has 0 bridgehead atoms. The summed E-state index contributed by atoms with van der Waals surface area (Å²) >= 11 is 0. The predicted molar refractivity (Wildman–Crippen MR) is 106 cm³/mol. The Morgan fingerprint density at radius 3 is 2.37 bits per heavy atom. The Balaban J connectivity index is 1.39. The average Bonchev–Trinajstić information content (AvgIpc) is 3.20. The maximum atomic E-state index is 5.89. The summed E-state index contributed by atoms with van der Waals surface area (Å²) in [4.78, 5) is 0. The first-order valence-electron chi connectivity index (χ1n) is 8.96. The molecule has 4 rings (SSSR count). The zero-order chi connectivity index (χ0) is 18.5. The molecule has 0 aliphatic rings. The molecule has 0 spiro atoms. The lowest BCUT2D eigenvalue weighted by molar-refractivity contribution is 0.202. The third-order valence-corrected chi connectivity index (χ3v) is 4.56. The highest BCUT2D eigenvalue weighted by Gasteiger charge is 2.03. The van der Waals surface area contributed by atoms with Gasteiger partial charge >= 0.3 is 0 Å². The van der Waals surface area contributed by atoms with E-state index < -0.39 is 0 Å². The van der Waals surface area contributed by atoms with Crippen LogP contribution in [0.4, 0.5) is 0 Å². The van der Waals surface area contributed by atoms with Crippen LogP contribution in [0, 0.1) is 0 Å². The number of hydrogen-bond donors (Lipinski definition) is 0. The zero-order valence-electron chi connectivity index (χ0n) is 15.2. The number of rotatable bonds is 7. The van der Waals surface area contributed by atoms with Gasteiger partial charge in [0.05, 0.1) is 12.8 Å². The lowest BCUT2D eigenvalue weighted by atomic mass is 10.0. The van der Waals surface area contributed by atoms with Crippen molar-refractivity contribution >= 4 is 11.0 Å². The van der Waals surface area contributed by atoms with E-state index in [4.69, 9.17) is 14.0 Å². The van der Waals surface area contributed by atoms with E-state index in [2.05, 4.69) is 47.6 Å². The van der Waals surface area contributed by atoms with Gasteiger partial charge < -0.3 is 14.0 Å². The van der Waals surface area contributed by atoms with E-state index in [1.54, 1.807) is 13.3 Å². The van der Waals surface area contributed by atoms with Crippen molar-refractivity contribution < 1.29 is 14.0 Å². The summed E-state index contributed by atoms with van der Waals surface area (Å²) in [6, 6.07) is 22.7. The molecule has 0 amide bonds. The topological polar surface area (TPSA) is 44.5 Å². The number of benzene rings is 3. The smallest absolute Gasteiger partial charge is 0.166 e. The van der Waals surface area contributed by atoms with Crippen LogP contribution < -0.4 is 4.74 Å². The van der Waals surface area contributed by atoms with E-state index in [1.165, 1.54) is 5.56 Å². The number of aromatic nitrogens is 1. The summed E-state index contributed by atoms with van der Waals surface area (Å²) in [5.41, 5.74) is 5.48. The fourth-order valence-electron chi connectivity index (χ4n) is 2.98. The van der Waals surface area contributed by atoms with Gasteiger partial charge in [0.15, 0.2) is 5.58 Å². The second-order valence-electron chi connectivity index (χ2n) is 6.45. The Morgan fingerprint density at radius 1 is 0.852 bits per heavy atom. The molecular weight excluding hydrogens is 338 g/mol. The van der Waals surface area contributed by atoms with Crippen molar-refractivity contribution in [2.75, 3.05) is 13.7 Å². The summed E-state index contributed by atoms with van der Waals surface area (Å²) in [6.07, 6.45) is 2.65. The van der Waals surface area contributed by atoms with Gasteiger partial charge in [-0.2, -0.15) is 0 Å². The van der Waals surface area contributed by atoms with Gasteiger partial charge in [-0.1, -0.05) is 47.6 Å². The largest absolute Gasteiger partial charge is 0.489 e. The highest BCUT2D eigenvalue weighted by atomic mass is 16.5. The van der Waals surface area contributed by atoms with Gasteiger partial charge in [0.1, 0.15) is 12.4 Å². The lowest BCUT2D eigenvalue weighted by Crippen LogP contribution is -1.97. The van der Waals surface area contributed by atoms with Crippen molar-refractivity contribution in [1.29, 1.82) is 0 Å². The van der Waals surface area contributed by atoms with Gasteiger partial charge in [0.2, 0.25) is 0 Å². The Bertz CT molecular complexity index is 1000. The van der Waals surface area contributed by atoms with Crippen molar-refractivity contribution in [1.82, 2.24) is 5.16 Å². The van der Waals surface area contributed by atoms with Gasteiger partial charge in [-0.25, -0.2) is 0 Å². The number of ether oxygens (including phenoxy) is 2. The Labute approximate surface area is 158 Å². The summed E-state index contributed by atoms with van der Waals surface area (Å²) < 4.78 is 16.1. The first-order chi connectivity index (χ1) is 13.3. The predicted octanol–water partition coefficient (Wildman–Crippen LogP) is 5.26. The van der Waals surface area contributed by atoms with Crippen LogP contribution in [0.5, 0.6) is 5.75 Å². The molecule has 136 valence electrons. The Kier molecular flexibility index (Phi) is 5.17. The molecule has 1 heterocycles. The van der Waals surface area contributed by atoms with Gasteiger partial charge in [0.25, 0.3) is 0 Å². The molecule has 4 nitrogen and oxygen atoms in total. The average molecular weight is 359 g/mol. The van der Waals surface area contributed by atoms with Crippen molar-refractivity contribution in [2.45, 2.75) is 13.0 Å². The van der Waals surface area contributed by atoms with Crippen LogP contribution in [-0.4, -0.2) is 18.9 Å². The van der Waals surface area contributed by atoms with Gasteiger partial charge in [-0.3, -0.25) is 0 Å². The van der Waals surface area contributed by atoms with E-state index in [-0.39, 0.29) is 0 Å². The Morgan fingerprint density at radius 2 is 1.59 bits per heavy atom. The molecular formula is C23H21NO3. The molecule has 0 saturated carbocycles. The highest BCUT2D eigenvalue weighted by Crippen LogP contribution is 2.25. The minimum Gasteiger partial charge on any atom is -0.489 e. The van der Waals surface area contributed by atoms with E-state index in [0.29, 0.717) is 6.61 Å². The van der Waals surface area contributed by atoms with Crippen LogP contribution in [0.3, 0.4) is 0 Å². The maximum absolute atomic E-state index is 5.89. The number of nitrogens with zero attached hydrogens (tertiary/aromatic N) is 1. The fraction of sp³-hybridized carbons (Fsp3) is 0.174. The molecule has 0 radical (unpaired) electrons. The number of fused-ring (bicyclic) bond motifs is 1. The summed E-state index contributed by atoms with van der Waals surface area (Å²) in [5.74, 6) is 0.873. The third-order valence-electron chi connectivity index (χ3n) is 4.56. The molecule has 4 heteroatoms. The molecule has 1 aromatic heterocycles. The standard InChI is InChI=1S/C23H21NO3/c1-25-13-12-17-4-9-22(10-5-17)26-16-18-2-6-19(7-3-18)20-8-11-23-21(14-20)15-24-27-23/h2-11,14-15H,12-13,16H2,1H3. The molecule has 0 aliphatic heterocycles. The Hall–Kier alpha value is -3.11. The van der Waals surface area contributed by atoms with Crippen LogP contribution in [0.25, 0.3) is 22.1 Å². The lowest BCUT2D eigenvalue weighted by Gasteiger charge is -2.08. The van der Waals surface area contributed by atoms with Gasteiger partial charge in [-0.15, -0.1) is 0 Å². The van der Waals surface area contributed by atoms with Crippen LogP contribution >= 0.6 is 0 Å². The number of methoxy groups -OCH3 is 1. The van der Waals surface area contributed by atoms with E-state index in [0.717, 1.165) is 46.4 Å². The van der Waals surface area contributed by atoms with Crippen LogP contribution in [-0.2, 0) is 17.8 Å². The summed E-state index contributed by atoms with van der Waals surface area (Å²) in [7, 11) is 1.72. The van der Waals surface area contributed by atoms with Crippen molar-refractivity contribution in [2.24, 2.45) is 0 Å². The van der Waals surface area contributed by atoms with Gasteiger partial charge in [0, 0.05) is 12.5 Å². The SMILES string of the molecule is COCCc1ccc(OCc2ccc(-c3ccc4oncc4c3)cc2)cc1. The van der Waals surface area contributed by atoms with E-state index in [9.17, 15) is 0 Å².